The van der Waals surface area contributed by atoms with Gasteiger partial charge in [-0.2, -0.15) is 0 Å². The summed E-state index contributed by atoms with van der Waals surface area (Å²) < 4.78 is 13.3. The van der Waals surface area contributed by atoms with Crippen molar-refractivity contribution in [1.82, 2.24) is 9.55 Å². The van der Waals surface area contributed by atoms with E-state index >= 15 is 0 Å². The first-order valence-corrected chi connectivity index (χ1v) is 11.1. The lowest BCUT2D eigenvalue weighted by Gasteiger charge is -2.17. The third-order valence-corrected chi connectivity index (χ3v) is 5.86. The third kappa shape index (κ3) is 5.16. The van der Waals surface area contributed by atoms with Gasteiger partial charge in [0, 0.05) is 19.4 Å². The first-order valence-electron chi connectivity index (χ1n) is 11.1. The highest BCUT2D eigenvalue weighted by Crippen LogP contribution is 2.29. The Morgan fingerprint density at radius 2 is 1.94 bits per heavy atom. The third-order valence-electron chi connectivity index (χ3n) is 5.86. The van der Waals surface area contributed by atoms with Gasteiger partial charge in [0.15, 0.2) is 0 Å². The van der Waals surface area contributed by atoms with Crippen LogP contribution in [0.25, 0.3) is 0 Å². The SMILES string of the molecule is CCCOC(=O)C[C@@H](c1ccc(OCc2ccc3c(c2)CCC3)cc1)c1nccn1C. The van der Waals surface area contributed by atoms with Gasteiger partial charge >= 0.3 is 5.97 Å². The molecule has 0 saturated heterocycles. The maximum atomic E-state index is 12.3. The van der Waals surface area contributed by atoms with Crippen LogP contribution in [0.15, 0.2) is 54.9 Å². The largest absolute Gasteiger partial charge is 0.489 e. The summed E-state index contributed by atoms with van der Waals surface area (Å²) in [6.07, 6.45) is 8.36. The number of benzene rings is 2. The molecule has 0 amide bonds. The maximum Gasteiger partial charge on any atom is 0.306 e. The summed E-state index contributed by atoms with van der Waals surface area (Å²) >= 11 is 0. The van der Waals surface area contributed by atoms with Crippen LogP contribution >= 0.6 is 0 Å². The standard InChI is InChI=1S/C26H30N2O3/c1-3-15-30-25(29)17-24(26-27-13-14-28(26)2)21-9-11-23(12-10-21)31-18-19-7-8-20-5-4-6-22(20)16-19/h7-14,16,24H,3-6,15,17-18H2,1-2H3/t24-/m0/s1. The number of aryl methyl sites for hydroxylation is 3. The van der Waals surface area contributed by atoms with E-state index in [-0.39, 0.29) is 18.3 Å². The van der Waals surface area contributed by atoms with E-state index in [0.717, 1.165) is 23.6 Å². The number of nitrogens with zero attached hydrogens (tertiary/aromatic N) is 2. The van der Waals surface area contributed by atoms with Crippen molar-refractivity contribution >= 4 is 5.97 Å². The van der Waals surface area contributed by atoms with E-state index in [1.54, 1.807) is 6.20 Å². The average molecular weight is 419 g/mol. The van der Waals surface area contributed by atoms with E-state index in [4.69, 9.17) is 9.47 Å². The first kappa shape index (κ1) is 21.2. The second-order valence-corrected chi connectivity index (χ2v) is 8.19. The summed E-state index contributed by atoms with van der Waals surface area (Å²) in [4.78, 5) is 16.8. The Morgan fingerprint density at radius 3 is 2.68 bits per heavy atom. The monoisotopic (exact) mass is 418 g/mol. The van der Waals surface area contributed by atoms with Crippen molar-refractivity contribution in [2.75, 3.05) is 6.61 Å². The number of ether oxygens (including phenoxy) is 2. The molecule has 0 unspecified atom stereocenters. The molecule has 3 aromatic rings. The van der Waals surface area contributed by atoms with Crippen LogP contribution < -0.4 is 4.74 Å². The summed E-state index contributed by atoms with van der Waals surface area (Å²) in [6.45, 7) is 2.99. The molecule has 0 N–H and O–H groups in total. The summed E-state index contributed by atoms with van der Waals surface area (Å²) in [5.41, 5.74) is 5.16. The lowest BCUT2D eigenvalue weighted by Crippen LogP contribution is -2.15. The highest BCUT2D eigenvalue weighted by molar-refractivity contribution is 5.71. The number of aromatic nitrogens is 2. The Bertz CT molecular complexity index is 1020. The number of imidazole rings is 1. The van der Waals surface area contributed by atoms with E-state index in [2.05, 4.69) is 23.2 Å². The molecule has 5 nitrogen and oxygen atoms in total. The first-order chi connectivity index (χ1) is 15.1. The molecular formula is C26H30N2O3. The normalized spacial score (nSPS) is 13.6. The molecule has 5 heteroatoms. The van der Waals surface area contributed by atoms with Crippen LogP contribution in [0, 0.1) is 0 Å². The molecule has 1 aliphatic rings. The van der Waals surface area contributed by atoms with Crippen LogP contribution in [-0.4, -0.2) is 22.1 Å². The number of fused-ring (bicyclic) bond motifs is 1. The maximum absolute atomic E-state index is 12.3. The molecular weight excluding hydrogens is 388 g/mol. The summed E-state index contributed by atoms with van der Waals surface area (Å²) in [6, 6.07) is 14.6. The highest BCUT2D eigenvalue weighted by Gasteiger charge is 2.23. The van der Waals surface area contributed by atoms with Gasteiger partial charge in [-0.05, 0) is 60.1 Å². The molecule has 4 rings (SSSR count). The number of carbonyl (C=O) groups excluding carboxylic acids is 1. The average Bonchev–Trinajstić information content (AvgIpc) is 3.43. The van der Waals surface area contributed by atoms with Crippen LogP contribution in [0.4, 0.5) is 0 Å². The number of rotatable bonds is 9. The van der Waals surface area contributed by atoms with Crippen molar-refractivity contribution in [3.63, 3.8) is 0 Å². The molecule has 1 aliphatic carbocycles. The number of hydrogen-bond donors (Lipinski definition) is 0. The van der Waals surface area contributed by atoms with E-state index < -0.39 is 0 Å². The Kier molecular flexibility index (Phi) is 6.70. The smallest absolute Gasteiger partial charge is 0.306 e. The molecule has 2 aromatic carbocycles. The molecule has 0 spiro atoms. The minimum absolute atomic E-state index is 0.157. The lowest BCUT2D eigenvalue weighted by molar-refractivity contribution is -0.143. The van der Waals surface area contributed by atoms with E-state index in [9.17, 15) is 4.79 Å². The van der Waals surface area contributed by atoms with Crippen molar-refractivity contribution < 1.29 is 14.3 Å². The number of esters is 1. The molecule has 0 radical (unpaired) electrons. The zero-order chi connectivity index (χ0) is 21.6. The Balaban J connectivity index is 1.44. The van der Waals surface area contributed by atoms with Crippen LogP contribution in [0.5, 0.6) is 5.75 Å². The van der Waals surface area contributed by atoms with Crippen LogP contribution in [0.2, 0.25) is 0 Å². The van der Waals surface area contributed by atoms with Crippen molar-refractivity contribution in [1.29, 1.82) is 0 Å². The van der Waals surface area contributed by atoms with Crippen molar-refractivity contribution in [2.45, 2.75) is 51.6 Å². The van der Waals surface area contributed by atoms with Crippen molar-refractivity contribution in [2.24, 2.45) is 7.05 Å². The topological polar surface area (TPSA) is 53.4 Å². The molecule has 0 saturated carbocycles. The fraction of sp³-hybridized carbons (Fsp3) is 0.385. The Hall–Kier alpha value is -3.08. The van der Waals surface area contributed by atoms with Crippen molar-refractivity contribution in [3.8, 4) is 5.75 Å². The van der Waals surface area contributed by atoms with E-state index in [1.807, 2.05) is 49.0 Å². The second-order valence-electron chi connectivity index (χ2n) is 8.19. The molecule has 1 heterocycles. The molecule has 0 aliphatic heterocycles. The molecule has 1 aromatic heterocycles. The van der Waals surface area contributed by atoms with Gasteiger partial charge in [0.05, 0.1) is 18.9 Å². The number of hydrogen-bond acceptors (Lipinski definition) is 4. The van der Waals surface area contributed by atoms with Gasteiger partial charge in [-0.1, -0.05) is 37.3 Å². The minimum atomic E-state index is -0.202. The fourth-order valence-electron chi connectivity index (χ4n) is 4.19. The molecule has 1 atom stereocenters. The van der Waals surface area contributed by atoms with Gasteiger partial charge in [-0.3, -0.25) is 4.79 Å². The van der Waals surface area contributed by atoms with Gasteiger partial charge in [-0.25, -0.2) is 4.98 Å². The molecule has 0 bridgehead atoms. The molecule has 0 fully saturated rings. The number of carbonyl (C=O) groups is 1. The summed E-state index contributed by atoms with van der Waals surface area (Å²) in [5, 5.41) is 0. The van der Waals surface area contributed by atoms with Crippen LogP contribution in [0.1, 0.15) is 60.2 Å². The molecule has 31 heavy (non-hydrogen) atoms. The zero-order valence-corrected chi connectivity index (χ0v) is 18.3. The predicted molar refractivity (Wildman–Crippen MR) is 120 cm³/mol. The van der Waals surface area contributed by atoms with Crippen LogP contribution in [0.3, 0.4) is 0 Å². The summed E-state index contributed by atoms with van der Waals surface area (Å²) in [5.74, 6) is 1.30. The van der Waals surface area contributed by atoms with Gasteiger partial charge in [0.1, 0.15) is 18.2 Å². The quantitative estimate of drug-likeness (QED) is 0.461. The zero-order valence-electron chi connectivity index (χ0n) is 18.3. The van der Waals surface area contributed by atoms with Gasteiger partial charge in [0.2, 0.25) is 0 Å². The lowest BCUT2D eigenvalue weighted by atomic mass is 9.94. The van der Waals surface area contributed by atoms with Crippen LogP contribution in [-0.2, 0) is 36.0 Å². The van der Waals surface area contributed by atoms with Gasteiger partial charge in [-0.15, -0.1) is 0 Å². The fourth-order valence-corrected chi connectivity index (χ4v) is 4.19. The van der Waals surface area contributed by atoms with Crippen molar-refractivity contribution in [3.05, 3.63) is 82.9 Å². The van der Waals surface area contributed by atoms with E-state index in [0.29, 0.717) is 13.2 Å². The Morgan fingerprint density at radius 1 is 1.13 bits per heavy atom. The minimum Gasteiger partial charge on any atom is -0.489 e. The highest BCUT2D eigenvalue weighted by atomic mass is 16.5. The second kappa shape index (κ2) is 9.82. The summed E-state index contributed by atoms with van der Waals surface area (Å²) in [7, 11) is 1.95. The van der Waals surface area contributed by atoms with Gasteiger partial charge < -0.3 is 14.0 Å². The van der Waals surface area contributed by atoms with Gasteiger partial charge in [0.25, 0.3) is 0 Å². The predicted octanol–water partition coefficient (Wildman–Crippen LogP) is 4.96. The van der Waals surface area contributed by atoms with E-state index in [1.165, 1.54) is 36.0 Å². The Labute approximate surface area is 184 Å². The molecule has 162 valence electrons.